The van der Waals surface area contributed by atoms with Crippen molar-refractivity contribution in [2.45, 2.75) is 103 Å². The van der Waals surface area contributed by atoms with Crippen molar-refractivity contribution in [1.82, 2.24) is 15.1 Å². The zero-order valence-corrected chi connectivity index (χ0v) is 23.4. The third kappa shape index (κ3) is 7.95. The number of likely N-dealkylation sites (N-methyl/N-ethyl adjacent to an activating group) is 1. The molecule has 1 aromatic rings. The van der Waals surface area contributed by atoms with Gasteiger partial charge in [0.1, 0.15) is 30.3 Å². The number of esters is 1. The molecule has 1 saturated carbocycles. The van der Waals surface area contributed by atoms with Crippen LogP contribution in [-0.4, -0.2) is 71.0 Å². The van der Waals surface area contributed by atoms with E-state index in [1.807, 2.05) is 30.3 Å². The summed E-state index contributed by atoms with van der Waals surface area (Å²) in [7, 11) is 1.51. The lowest BCUT2D eigenvalue weighted by atomic mass is 9.83. The number of hydrogen-bond acceptors (Lipinski definition) is 6. The Bertz CT molecular complexity index is 970. The van der Waals surface area contributed by atoms with Gasteiger partial charge in [0.15, 0.2) is 0 Å². The second-order valence-electron chi connectivity index (χ2n) is 11.4. The van der Waals surface area contributed by atoms with Crippen molar-refractivity contribution in [2.75, 3.05) is 13.6 Å². The fourth-order valence-electron chi connectivity index (χ4n) is 5.07. The van der Waals surface area contributed by atoms with Crippen LogP contribution in [0.4, 0.5) is 4.79 Å². The highest BCUT2D eigenvalue weighted by Crippen LogP contribution is 2.30. The van der Waals surface area contributed by atoms with Crippen LogP contribution in [0.1, 0.15) is 78.2 Å². The van der Waals surface area contributed by atoms with Crippen LogP contribution in [0.25, 0.3) is 0 Å². The largest absolute Gasteiger partial charge is 0.459 e. The standard InChI is InChI=1S/C29H43N3O6/c1-20(31(5)28(36)38-29(2,3)4)25(33)30-24(22-15-10-7-11-16-22)26(34)32-18-12-17-23(32)27(35)37-19-21-13-8-6-9-14-21/h6,8-9,13-14,20,22-24H,7,10-12,15-19H2,1-5H3,(H,30,33)/t20-,23-,24-/m0/s1. The second kappa shape index (κ2) is 13.1. The maximum atomic E-state index is 13.9. The third-order valence-electron chi connectivity index (χ3n) is 7.36. The molecule has 3 rings (SSSR count). The van der Waals surface area contributed by atoms with Crippen molar-refractivity contribution < 1.29 is 28.7 Å². The zero-order chi connectivity index (χ0) is 27.9. The van der Waals surface area contributed by atoms with Crippen molar-refractivity contribution in [1.29, 1.82) is 0 Å². The molecule has 0 unspecified atom stereocenters. The Balaban J connectivity index is 1.70. The first-order valence-electron chi connectivity index (χ1n) is 13.7. The van der Waals surface area contributed by atoms with Crippen molar-refractivity contribution >= 4 is 23.9 Å². The molecule has 0 bridgehead atoms. The van der Waals surface area contributed by atoms with Gasteiger partial charge in [-0.3, -0.25) is 14.5 Å². The molecule has 3 amide bonds. The van der Waals surface area contributed by atoms with Crippen molar-refractivity contribution in [3.05, 3.63) is 35.9 Å². The molecule has 38 heavy (non-hydrogen) atoms. The van der Waals surface area contributed by atoms with E-state index in [9.17, 15) is 19.2 Å². The van der Waals surface area contributed by atoms with Gasteiger partial charge in [0.25, 0.3) is 0 Å². The van der Waals surface area contributed by atoms with Gasteiger partial charge in [0, 0.05) is 13.6 Å². The Hall–Kier alpha value is -3.10. The zero-order valence-electron chi connectivity index (χ0n) is 23.4. The summed E-state index contributed by atoms with van der Waals surface area (Å²) in [6.07, 6.45) is 5.33. The number of nitrogens with zero attached hydrogens (tertiary/aromatic N) is 2. The van der Waals surface area contributed by atoms with E-state index >= 15 is 0 Å². The summed E-state index contributed by atoms with van der Waals surface area (Å²) in [5.41, 5.74) is 0.189. The molecule has 1 aliphatic carbocycles. The number of likely N-dealkylation sites (tertiary alicyclic amines) is 1. The fourth-order valence-corrected chi connectivity index (χ4v) is 5.07. The average molecular weight is 530 g/mol. The Morgan fingerprint density at radius 3 is 2.32 bits per heavy atom. The van der Waals surface area contributed by atoms with E-state index in [0.29, 0.717) is 19.4 Å². The summed E-state index contributed by atoms with van der Waals surface area (Å²) < 4.78 is 11.0. The highest BCUT2D eigenvalue weighted by molar-refractivity contribution is 5.93. The predicted molar refractivity (Wildman–Crippen MR) is 143 cm³/mol. The van der Waals surface area contributed by atoms with Crippen LogP contribution < -0.4 is 5.32 Å². The van der Waals surface area contributed by atoms with Gasteiger partial charge in [-0.1, -0.05) is 49.6 Å². The molecule has 0 radical (unpaired) electrons. The van der Waals surface area contributed by atoms with E-state index in [-0.39, 0.29) is 18.4 Å². The first kappa shape index (κ1) is 29.5. The van der Waals surface area contributed by atoms with E-state index < -0.39 is 41.7 Å². The Morgan fingerprint density at radius 2 is 1.68 bits per heavy atom. The molecular weight excluding hydrogens is 486 g/mol. The van der Waals surface area contributed by atoms with Crippen molar-refractivity contribution in [3.8, 4) is 0 Å². The summed E-state index contributed by atoms with van der Waals surface area (Å²) in [5, 5.41) is 2.95. The molecule has 9 nitrogen and oxygen atoms in total. The molecular formula is C29H43N3O6. The van der Waals surface area contributed by atoms with Gasteiger partial charge in [-0.15, -0.1) is 0 Å². The summed E-state index contributed by atoms with van der Waals surface area (Å²) >= 11 is 0. The van der Waals surface area contributed by atoms with Crippen LogP contribution in [0.15, 0.2) is 30.3 Å². The van der Waals surface area contributed by atoms with Crippen LogP contribution in [0.5, 0.6) is 0 Å². The minimum atomic E-state index is -0.839. The highest BCUT2D eigenvalue weighted by Gasteiger charge is 2.42. The van der Waals surface area contributed by atoms with E-state index in [1.165, 1.54) is 11.9 Å². The van der Waals surface area contributed by atoms with Gasteiger partial charge in [-0.2, -0.15) is 0 Å². The van der Waals surface area contributed by atoms with Gasteiger partial charge in [-0.25, -0.2) is 9.59 Å². The minimum absolute atomic E-state index is 0.0270. The predicted octanol–water partition coefficient (Wildman–Crippen LogP) is 4.04. The monoisotopic (exact) mass is 529 g/mol. The Kier molecular flexibility index (Phi) is 10.2. The average Bonchev–Trinajstić information content (AvgIpc) is 3.39. The van der Waals surface area contributed by atoms with Crippen LogP contribution in [0.2, 0.25) is 0 Å². The Labute approximate surface area is 226 Å². The molecule has 2 fully saturated rings. The molecule has 1 N–H and O–H groups in total. The maximum absolute atomic E-state index is 13.9. The Morgan fingerprint density at radius 1 is 1.03 bits per heavy atom. The SMILES string of the molecule is C[C@@H](C(=O)N[C@H](C(=O)N1CCC[C@H]1C(=O)OCc1ccccc1)C1CCCCC1)N(C)C(=O)OC(C)(C)C. The minimum Gasteiger partial charge on any atom is -0.459 e. The molecule has 210 valence electrons. The number of benzene rings is 1. The number of hydrogen-bond donors (Lipinski definition) is 1. The highest BCUT2D eigenvalue weighted by atomic mass is 16.6. The van der Waals surface area contributed by atoms with E-state index in [1.54, 1.807) is 32.6 Å². The molecule has 0 aromatic heterocycles. The van der Waals surface area contributed by atoms with Crippen LogP contribution in [-0.2, 0) is 30.5 Å². The summed E-state index contributed by atoms with van der Waals surface area (Å²) in [4.78, 5) is 55.5. The third-order valence-corrected chi connectivity index (χ3v) is 7.36. The van der Waals surface area contributed by atoms with E-state index in [4.69, 9.17) is 9.47 Å². The molecule has 0 spiro atoms. The quantitative estimate of drug-likeness (QED) is 0.510. The molecule has 9 heteroatoms. The molecule has 1 aromatic carbocycles. The number of carbonyl (C=O) groups excluding carboxylic acids is 4. The van der Waals surface area contributed by atoms with E-state index in [2.05, 4.69) is 5.32 Å². The van der Waals surface area contributed by atoms with Gasteiger partial charge in [0.05, 0.1) is 0 Å². The van der Waals surface area contributed by atoms with Gasteiger partial charge in [-0.05, 0) is 64.9 Å². The normalized spacial score (nSPS) is 19.8. The van der Waals surface area contributed by atoms with Crippen molar-refractivity contribution in [3.63, 3.8) is 0 Å². The second-order valence-corrected chi connectivity index (χ2v) is 11.4. The first-order valence-corrected chi connectivity index (χ1v) is 13.7. The fraction of sp³-hybridized carbons (Fsp3) is 0.655. The van der Waals surface area contributed by atoms with Gasteiger partial charge < -0.3 is 19.7 Å². The maximum Gasteiger partial charge on any atom is 0.410 e. The van der Waals surface area contributed by atoms with Crippen LogP contribution >= 0.6 is 0 Å². The number of amides is 3. The summed E-state index contributed by atoms with van der Waals surface area (Å²) in [5.74, 6) is -1.13. The molecule has 2 aliphatic rings. The van der Waals surface area contributed by atoms with Crippen LogP contribution in [0, 0.1) is 5.92 Å². The molecule has 3 atom stereocenters. The smallest absolute Gasteiger partial charge is 0.410 e. The molecule has 1 aliphatic heterocycles. The lowest BCUT2D eigenvalue weighted by Gasteiger charge is -2.35. The number of carbonyl (C=O) groups is 4. The number of ether oxygens (including phenoxy) is 2. The number of nitrogens with one attached hydrogen (secondary N) is 1. The van der Waals surface area contributed by atoms with Gasteiger partial charge >= 0.3 is 12.1 Å². The lowest BCUT2D eigenvalue weighted by molar-refractivity contribution is -0.155. The number of rotatable bonds is 8. The molecule has 1 heterocycles. The topological polar surface area (TPSA) is 105 Å². The first-order chi connectivity index (χ1) is 18.0. The lowest BCUT2D eigenvalue weighted by Crippen LogP contribution is -2.58. The van der Waals surface area contributed by atoms with Crippen LogP contribution in [0.3, 0.4) is 0 Å². The van der Waals surface area contributed by atoms with Gasteiger partial charge in [0.2, 0.25) is 11.8 Å². The molecule has 1 saturated heterocycles. The van der Waals surface area contributed by atoms with E-state index in [0.717, 1.165) is 37.7 Å². The summed E-state index contributed by atoms with van der Waals surface area (Å²) in [6.45, 7) is 7.49. The van der Waals surface area contributed by atoms with Crippen molar-refractivity contribution in [2.24, 2.45) is 5.92 Å². The summed E-state index contributed by atoms with van der Waals surface area (Å²) in [6, 6.07) is 7.16.